The molecule has 0 aromatic rings. The highest BCUT2D eigenvalue weighted by Crippen LogP contribution is 2.38. The SMILES string of the molecule is CCCCCCCCCCCCC(COP(=O)([O-])OCC[N+](C)(C)C)OC(C)=O. The molecule has 0 aliphatic carbocycles. The van der Waals surface area contributed by atoms with E-state index in [-0.39, 0.29) is 13.2 Å². The fourth-order valence-electron chi connectivity index (χ4n) is 2.91. The van der Waals surface area contributed by atoms with E-state index in [4.69, 9.17) is 13.8 Å². The molecule has 0 radical (unpaired) electrons. The monoisotopic (exact) mass is 437 g/mol. The minimum atomic E-state index is -4.39. The molecule has 0 fully saturated rings. The number of phosphoric ester groups is 1. The van der Waals surface area contributed by atoms with Crippen molar-refractivity contribution in [3.63, 3.8) is 0 Å². The number of likely N-dealkylation sites (N-methyl/N-ethyl adjacent to an activating group) is 1. The summed E-state index contributed by atoms with van der Waals surface area (Å²) in [5, 5.41) is 0. The van der Waals surface area contributed by atoms with Crippen LogP contribution in [0, 0.1) is 0 Å². The van der Waals surface area contributed by atoms with E-state index in [1.54, 1.807) is 0 Å². The largest absolute Gasteiger partial charge is 0.756 e. The first-order valence-corrected chi connectivity index (χ1v) is 12.6. The van der Waals surface area contributed by atoms with Crippen molar-refractivity contribution in [2.24, 2.45) is 0 Å². The van der Waals surface area contributed by atoms with E-state index in [0.717, 1.165) is 19.3 Å². The van der Waals surface area contributed by atoms with Crippen LogP contribution < -0.4 is 4.89 Å². The summed E-state index contributed by atoms with van der Waals surface area (Å²) in [5.74, 6) is -0.433. The van der Waals surface area contributed by atoms with Crippen LogP contribution in [0.4, 0.5) is 0 Å². The Hall–Kier alpha value is -0.460. The Morgan fingerprint density at radius 3 is 1.93 bits per heavy atom. The van der Waals surface area contributed by atoms with E-state index in [1.807, 2.05) is 21.1 Å². The lowest BCUT2D eigenvalue weighted by Crippen LogP contribution is -2.37. The molecule has 0 rings (SSSR count). The number of carbonyl (C=O) groups excluding carboxylic acids is 1. The Bertz CT molecular complexity index is 467. The van der Waals surface area contributed by atoms with Gasteiger partial charge in [0.15, 0.2) is 0 Å². The number of unbranched alkanes of at least 4 members (excludes halogenated alkanes) is 9. The molecule has 2 atom stereocenters. The lowest BCUT2D eigenvalue weighted by molar-refractivity contribution is -0.870. The number of phosphoric acid groups is 1. The van der Waals surface area contributed by atoms with Gasteiger partial charge in [-0.05, 0) is 12.8 Å². The summed E-state index contributed by atoms with van der Waals surface area (Å²) in [7, 11) is 1.45. The zero-order valence-corrected chi connectivity index (χ0v) is 20.2. The highest BCUT2D eigenvalue weighted by atomic mass is 31.2. The molecule has 2 unspecified atom stereocenters. The summed E-state index contributed by atoms with van der Waals surface area (Å²) < 4.78 is 27.5. The molecule has 8 heteroatoms. The molecule has 0 aromatic heterocycles. The van der Waals surface area contributed by atoms with Gasteiger partial charge in [0.05, 0.1) is 27.7 Å². The van der Waals surface area contributed by atoms with Crippen LogP contribution in [0.25, 0.3) is 0 Å². The van der Waals surface area contributed by atoms with Gasteiger partial charge >= 0.3 is 5.97 Å². The van der Waals surface area contributed by atoms with Gasteiger partial charge in [-0.25, -0.2) is 0 Å². The van der Waals surface area contributed by atoms with Crippen molar-refractivity contribution in [1.82, 2.24) is 0 Å². The van der Waals surface area contributed by atoms with E-state index < -0.39 is 19.9 Å². The molecule has 7 nitrogen and oxygen atoms in total. The van der Waals surface area contributed by atoms with Crippen molar-refractivity contribution in [2.45, 2.75) is 90.6 Å². The average molecular weight is 438 g/mol. The maximum atomic E-state index is 11.9. The third kappa shape index (κ3) is 20.6. The second kappa shape index (κ2) is 16.3. The van der Waals surface area contributed by atoms with E-state index in [0.29, 0.717) is 17.4 Å². The number of rotatable bonds is 19. The predicted octanol–water partition coefficient (Wildman–Crippen LogP) is 4.44. The molecule has 0 heterocycles. The molecule has 0 saturated heterocycles. The first kappa shape index (κ1) is 28.5. The van der Waals surface area contributed by atoms with Crippen LogP contribution in [0.15, 0.2) is 0 Å². The smallest absolute Gasteiger partial charge is 0.302 e. The zero-order chi connectivity index (χ0) is 22.2. The Morgan fingerprint density at radius 1 is 0.931 bits per heavy atom. The summed E-state index contributed by atoms with van der Waals surface area (Å²) in [6, 6.07) is 0. The second-order valence-corrected chi connectivity index (χ2v) is 10.2. The predicted molar refractivity (Wildman–Crippen MR) is 114 cm³/mol. The van der Waals surface area contributed by atoms with Crippen molar-refractivity contribution in [2.75, 3.05) is 40.9 Å². The molecule has 174 valence electrons. The van der Waals surface area contributed by atoms with Gasteiger partial charge in [-0.15, -0.1) is 0 Å². The van der Waals surface area contributed by atoms with Gasteiger partial charge in [0.25, 0.3) is 7.82 Å². The van der Waals surface area contributed by atoms with Gasteiger partial charge in [0.2, 0.25) is 0 Å². The summed E-state index contributed by atoms with van der Waals surface area (Å²) in [6.45, 7) is 3.95. The fraction of sp³-hybridized carbons (Fsp3) is 0.952. The third-order valence-corrected chi connectivity index (χ3v) is 5.61. The van der Waals surface area contributed by atoms with Gasteiger partial charge in [0.1, 0.15) is 19.3 Å². The minimum absolute atomic E-state index is 0.0565. The van der Waals surface area contributed by atoms with Gasteiger partial charge in [-0.3, -0.25) is 9.36 Å². The molecule has 0 spiro atoms. The van der Waals surface area contributed by atoms with Crippen LogP contribution in [0.1, 0.15) is 84.5 Å². The van der Waals surface area contributed by atoms with Crippen molar-refractivity contribution in [3.8, 4) is 0 Å². The molecule has 0 aliphatic rings. The lowest BCUT2D eigenvalue weighted by atomic mass is 10.0. The fourth-order valence-corrected chi connectivity index (χ4v) is 3.64. The zero-order valence-electron chi connectivity index (χ0n) is 19.3. The van der Waals surface area contributed by atoms with Gasteiger partial charge < -0.3 is 23.2 Å². The molecule has 0 saturated carbocycles. The van der Waals surface area contributed by atoms with E-state index in [2.05, 4.69) is 6.92 Å². The van der Waals surface area contributed by atoms with Crippen molar-refractivity contribution in [1.29, 1.82) is 0 Å². The highest BCUT2D eigenvalue weighted by Gasteiger charge is 2.18. The number of hydrogen-bond donors (Lipinski definition) is 0. The number of quaternary nitrogens is 1. The van der Waals surface area contributed by atoms with Gasteiger partial charge in [-0.1, -0.05) is 64.7 Å². The average Bonchev–Trinajstić information content (AvgIpc) is 2.59. The van der Waals surface area contributed by atoms with Crippen molar-refractivity contribution in [3.05, 3.63) is 0 Å². The van der Waals surface area contributed by atoms with E-state index >= 15 is 0 Å². The van der Waals surface area contributed by atoms with E-state index in [1.165, 1.54) is 51.9 Å². The lowest BCUT2D eigenvalue weighted by Gasteiger charge is -2.28. The van der Waals surface area contributed by atoms with Crippen LogP contribution >= 0.6 is 7.82 Å². The number of esters is 1. The quantitative estimate of drug-likeness (QED) is 0.129. The third-order valence-electron chi connectivity index (χ3n) is 4.64. The first-order valence-electron chi connectivity index (χ1n) is 11.1. The summed E-state index contributed by atoms with van der Waals surface area (Å²) in [6.07, 6.45) is 12.2. The normalized spacial score (nSPS) is 15.1. The van der Waals surface area contributed by atoms with Crippen molar-refractivity contribution >= 4 is 13.8 Å². The van der Waals surface area contributed by atoms with Gasteiger partial charge in [-0.2, -0.15) is 0 Å². The standard InChI is InChI=1S/C21H44NO6P/c1-6-7-8-9-10-11-12-13-14-15-16-21(28-20(2)23)19-27-29(24,25)26-18-17-22(3,4)5/h21H,6-19H2,1-5H3. The van der Waals surface area contributed by atoms with Crippen LogP contribution in [-0.4, -0.2) is 57.5 Å². The second-order valence-electron chi connectivity index (χ2n) is 8.79. The Kier molecular flexibility index (Phi) is 16.0. The Labute approximate surface area is 178 Å². The Balaban J connectivity index is 4.02. The molecule has 0 N–H and O–H groups in total. The van der Waals surface area contributed by atoms with Crippen LogP contribution in [0.5, 0.6) is 0 Å². The number of nitrogens with zero attached hydrogens (tertiary/aromatic N) is 1. The molecule has 29 heavy (non-hydrogen) atoms. The van der Waals surface area contributed by atoms with Crippen molar-refractivity contribution < 1.29 is 32.5 Å². The van der Waals surface area contributed by atoms with Crippen LogP contribution in [0.2, 0.25) is 0 Å². The van der Waals surface area contributed by atoms with Gasteiger partial charge in [0, 0.05) is 6.92 Å². The molecule has 0 aromatic carbocycles. The minimum Gasteiger partial charge on any atom is -0.756 e. The number of ether oxygens (including phenoxy) is 1. The maximum absolute atomic E-state index is 11.9. The number of carbonyl (C=O) groups is 1. The highest BCUT2D eigenvalue weighted by molar-refractivity contribution is 7.45. The topological polar surface area (TPSA) is 84.9 Å². The van der Waals surface area contributed by atoms with Crippen LogP contribution in [-0.2, 0) is 23.1 Å². The summed E-state index contributed by atoms with van der Waals surface area (Å²) >= 11 is 0. The summed E-state index contributed by atoms with van der Waals surface area (Å²) in [5.41, 5.74) is 0. The molecule has 0 aliphatic heterocycles. The summed E-state index contributed by atoms with van der Waals surface area (Å²) in [4.78, 5) is 23.2. The Morgan fingerprint density at radius 2 is 1.45 bits per heavy atom. The number of hydrogen-bond acceptors (Lipinski definition) is 6. The van der Waals surface area contributed by atoms with Crippen LogP contribution in [0.3, 0.4) is 0 Å². The molecular weight excluding hydrogens is 393 g/mol. The molecule has 0 bridgehead atoms. The first-order chi connectivity index (χ1) is 13.6. The molecule has 0 amide bonds. The maximum Gasteiger partial charge on any atom is 0.302 e. The van der Waals surface area contributed by atoms with E-state index in [9.17, 15) is 14.3 Å². The molecular formula is C21H44NO6P.